The van der Waals surface area contributed by atoms with Crippen molar-refractivity contribution in [3.8, 4) is 0 Å². The zero-order valence-corrected chi connectivity index (χ0v) is 17.3. The van der Waals surface area contributed by atoms with E-state index in [-0.39, 0.29) is 5.41 Å². The number of para-hydroxylation sites is 1. The van der Waals surface area contributed by atoms with Crippen LogP contribution < -0.4 is 4.90 Å². The van der Waals surface area contributed by atoms with E-state index in [1.165, 1.54) is 19.3 Å². The minimum absolute atomic E-state index is 0.172. The number of anilines is 1. The Hall–Kier alpha value is -2.27. The number of hydrogen-bond acceptors (Lipinski definition) is 4. The van der Waals surface area contributed by atoms with Gasteiger partial charge in [-0.3, -0.25) is 14.7 Å². The van der Waals surface area contributed by atoms with E-state index in [1.54, 1.807) is 17.5 Å². The quantitative estimate of drug-likeness (QED) is 0.583. The molecule has 0 aliphatic heterocycles. The van der Waals surface area contributed by atoms with Crippen LogP contribution in [0.5, 0.6) is 0 Å². The van der Waals surface area contributed by atoms with E-state index < -0.39 is 0 Å². The average Bonchev–Trinajstić information content (AvgIpc) is 3.15. The number of carbonyl (C=O) groups is 1. The van der Waals surface area contributed by atoms with Gasteiger partial charge in [-0.2, -0.15) is 0 Å². The first-order valence-corrected chi connectivity index (χ1v) is 11.6. The Morgan fingerprint density at radius 3 is 2.41 bits per heavy atom. The van der Waals surface area contributed by atoms with E-state index >= 15 is 0 Å². The van der Waals surface area contributed by atoms with Gasteiger partial charge >= 0.3 is 0 Å². The van der Waals surface area contributed by atoms with E-state index in [0.29, 0.717) is 12.5 Å². The first kappa shape index (κ1) is 17.6. The predicted octanol–water partition coefficient (Wildman–Crippen LogP) is 5.44. The lowest BCUT2D eigenvalue weighted by Gasteiger charge is -2.56. The van der Waals surface area contributed by atoms with Crippen molar-refractivity contribution in [3.63, 3.8) is 0 Å². The molecule has 0 unspecified atom stereocenters. The van der Waals surface area contributed by atoms with Gasteiger partial charge in [0.2, 0.25) is 5.91 Å². The molecule has 0 atom stereocenters. The van der Waals surface area contributed by atoms with E-state index in [2.05, 4.69) is 17.1 Å². The molecule has 148 valence electrons. The number of fused-ring (bicyclic) bond motifs is 1. The van der Waals surface area contributed by atoms with Crippen molar-refractivity contribution in [2.45, 2.75) is 45.1 Å². The number of thiazole rings is 1. The molecule has 4 nitrogen and oxygen atoms in total. The molecule has 0 spiro atoms. The summed E-state index contributed by atoms with van der Waals surface area (Å²) >= 11 is 1.63. The van der Waals surface area contributed by atoms with Crippen LogP contribution in [-0.2, 0) is 11.3 Å². The fraction of sp³-hybridized carbons (Fsp3) is 0.458. The predicted molar refractivity (Wildman–Crippen MR) is 116 cm³/mol. The highest BCUT2D eigenvalue weighted by Gasteiger charge is 2.56. The number of nitrogens with zero attached hydrogens (tertiary/aromatic N) is 3. The normalized spacial score (nSPS) is 30.0. The number of carbonyl (C=O) groups excluding carboxylic acids is 1. The molecule has 0 radical (unpaired) electrons. The Morgan fingerprint density at radius 2 is 1.76 bits per heavy atom. The van der Waals surface area contributed by atoms with Gasteiger partial charge in [-0.15, -0.1) is 0 Å². The maximum Gasteiger partial charge on any atom is 0.235 e. The van der Waals surface area contributed by atoms with Crippen LogP contribution in [0.2, 0.25) is 0 Å². The Kier molecular flexibility index (Phi) is 4.02. The third kappa shape index (κ3) is 2.98. The van der Waals surface area contributed by atoms with Crippen molar-refractivity contribution in [1.29, 1.82) is 0 Å². The number of amides is 1. The topological polar surface area (TPSA) is 46.1 Å². The molecule has 4 saturated carbocycles. The minimum atomic E-state index is -0.172. The largest absolute Gasteiger partial charge is 0.283 e. The van der Waals surface area contributed by atoms with E-state index in [0.717, 1.165) is 57.9 Å². The van der Waals surface area contributed by atoms with Crippen molar-refractivity contribution in [1.82, 2.24) is 9.97 Å². The summed E-state index contributed by atoms with van der Waals surface area (Å²) in [6.45, 7) is 0.550. The van der Waals surface area contributed by atoms with Crippen molar-refractivity contribution in [3.05, 3.63) is 54.4 Å². The van der Waals surface area contributed by atoms with Gasteiger partial charge in [0.1, 0.15) is 0 Å². The Labute approximate surface area is 175 Å². The lowest BCUT2D eigenvalue weighted by atomic mass is 9.49. The second kappa shape index (κ2) is 6.63. The fourth-order valence-electron chi connectivity index (χ4n) is 6.53. The lowest BCUT2D eigenvalue weighted by molar-refractivity contribution is -0.143. The molecule has 4 aliphatic rings. The highest BCUT2D eigenvalue weighted by atomic mass is 32.1. The first-order chi connectivity index (χ1) is 14.2. The van der Waals surface area contributed by atoms with Crippen molar-refractivity contribution in [2.24, 2.45) is 23.2 Å². The first-order valence-electron chi connectivity index (χ1n) is 10.7. The van der Waals surface area contributed by atoms with Crippen molar-refractivity contribution in [2.75, 3.05) is 4.90 Å². The fourth-order valence-corrected chi connectivity index (χ4v) is 7.50. The van der Waals surface area contributed by atoms with Gasteiger partial charge in [-0.05, 0) is 80.0 Å². The van der Waals surface area contributed by atoms with Gasteiger partial charge in [0.05, 0.1) is 22.2 Å². The molecule has 2 aromatic heterocycles. The van der Waals surface area contributed by atoms with Gasteiger partial charge < -0.3 is 0 Å². The molecule has 7 rings (SSSR count). The molecule has 0 saturated heterocycles. The number of aromatic nitrogens is 2. The number of hydrogen-bond donors (Lipinski definition) is 0. The van der Waals surface area contributed by atoms with Crippen LogP contribution in [0, 0.1) is 23.2 Å². The highest BCUT2D eigenvalue weighted by molar-refractivity contribution is 7.22. The molecule has 0 N–H and O–H groups in total. The summed E-state index contributed by atoms with van der Waals surface area (Å²) in [6.07, 6.45) is 10.9. The van der Waals surface area contributed by atoms with E-state index in [1.807, 2.05) is 35.4 Å². The Balaban J connectivity index is 1.40. The van der Waals surface area contributed by atoms with Crippen LogP contribution in [0.4, 0.5) is 5.13 Å². The average molecular weight is 404 g/mol. The molecule has 4 fully saturated rings. The molecule has 1 amide bonds. The molecule has 29 heavy (non-hydrogen) atoms. The van der Waals surface area contributed by atoms with E-state index in [4.69, 9.17) is 4.98 Å². The lowest BCUT2D eigenvalue weighted by Crippen LogP contribution is -2.54. The van der Waals surface area contributed by atoms with Crippen LogP contribution in [0.25, 0.3) is 10.2 Å². The molecular weight excluding hydrogens is 378 g/mol. The Morgan fingerprint density at radius 1 is 1.03 bits per heavy atom. The smallest absolute Gasteiger partial charge is 0.235 e. The molecule has 1 aromatic carbocycles. The summed E-state index contributed by atoms with van der Waals surface area (Å²) in [5.74, 6) is 2.56. The second-order valence-corrected chi connectivity index (χ2v) is 10.4. The third-order valence-electron chi connectivity index (χ3n) is 7.31. The van der Waals surface area contributed by atoms with Crippen LogP contribution in [0.1, 0.15) is 44.1 Å². The number of benzene rings is 1. The van der Waals surface area contributed by atoms with Gasteiger partial charge in [0.25, 0.3) is 0 Å². The monoisotopic (exact) mass is 403 g/mol. The van der Waals surface area contributed by atoms with Gasteiger partial charge in [0.15, 0.2) is 5.13 Å². The molecule has 4 bridgehead atoms. The van der Waals surface area contributed by atoms with Gasteiger partial charge in [-0.1, -0.05) is 29.5 Å². The van der Waals surface area contributed by atoms with E-state index in [9.17, 15) is 4.79 Å². The molecular formula is C24H25N3OS. The highest BCUT2D eigenvalue weighted by Crippen LogP contribution is 2.60. The zero-order chi connectivity index (χ0) is 19.4. The number of pyridine rings is 1. The van der Waals surface area contributed by atoms with Crippen LogP contribution in [0.15, 0.2) is 48.8 Å². The van der Waals surface area contributed by atoms with Crippen LogP contribution in [0.3, 0.4) is 0 Å². The maximum absolute atomic E-state index is 14.2. The number of rotatable bonds is 4. The SMILES string of the molecule is O=C(N(Cc1cccnc1)c1nc2ccccc2s1)C12CC3CC(CC(C3)C1)C2. The summed E-state index contributed by atoms with van der Waals surface area (Å²) in [7, 11) is 0. The van der Waals surface area contributed by atoms with Crippen LogP contribution in [-0.4, -0.2) is 15.9 Å². The summed E-state index contributed by atoms with van der Waals surface area (Å²) in [5, 5.41) is 0.829. The van der Waals surface area contributed by atoms with Gasteiger partial charge in [-0.25, -0.2) is 4.98 Å². The maximum atomic E-state index is 14.2. The molecule has 3 aromatic rings. The second-order valence-electron chi connectivity index (χ2n) is 9.41. The molecule has 4 aliphatic carbocycles. The van der Waals surface area contributed by atoms with Crippen molar-refractivity contribution < 1.29 is 4.79 Å². The summed E-state index contributed by atoms with van der Waals surface area (Å²) in [5.41, 5.74) is 1.86. The standard InChI is InChI=1S/C24H25N3OS/c28-22(24-11-17-8-18(12-24)10-19(9-17)13-24)27(15-16-4-3-7-25-14-16)23-26-20-5-1-2-6-21(20)29-23/h1-7,14,17-19H,8-13,15H2. The summed E-state index contributed by atoms with van der Waals surface area (Å²) in [4.78, 5) is 25.3. The molecule has 5 heteroatoms. The zero-order valence-electron chi connectivity index (χ0n) is 16.5. The van der Waals surface area contributed by atoms with Crippen molar-refractivity contribution >= 4 is 32.6 Å². The summed E-state index contributed by atoms with van der Waals surface area (Å²) < 4.78 is 1.14. The Bertz CT molecular complexity index is 992. The summed E-state index contributed by atoms with van der Waals surface area (Å²) in [6, 6.07) is 12.2. The third-order valence-corrected chi connectivity index (χ3v) is 8.37. The van der Waals surface area contributed by atoms with Crippen LogP contribution >= 0.6 is 11.3 Å². The molecule has 2 heterocycles. The minimum Gasteiger partial charge on any atom is -0.283 e. The van der Waals surface area contributed by atoms with Gasteiger partial charge in [0, 0.05) is 12.4 Å².